The maximum absolute atomic E-state index is 14.2. The lowest BCUT2D eigenvalue weighted by molar-refractivity contribution is 0.0939. The van der Waals surface area contributed by atoms with Crippen LogP contribution in [0.5, 0.6) is 0 Å². The van der Waals surface area contributed by atoms with Crippen molar-refractivity contribution >= 4 is 16.9 Å². The number of aromatic nitrogens is 3. The molecule has 6 heteroatoms. The molecule has 0 spiro atoms. The Morgan fingerprint density at radius 3 is 2.80 bits per heavy atom. The summed E-state index contributed by atoms with van der Waals surface area (Å²) in [5.74, 6) is -0.511. The Morgan fingerprint density at radius 2 is 2.04 bits per heavy atom. The topological polar surface area (TPSA) is 59.8 Å². The van der Waals surface area contributed by atoms with Gasteiger partial charge in [0.2, 0.25) is 0 Å². The van der Waals surface area contributed by atoms with Crippen LogP contribution >= 0.6 is 0 Å². The standard InChI is InChI=1S/C19H19FN4O/c1-24-18-15(11-21-24)14(19(25)22-12-6-2-3-7-12)10-17(23-18)13-8-4-5-9-16(13)20/h4-5,8-12H,2-3,6-7H2,1H3,(H,22,25). The van der Waals surface area contributed by atoms with Gasteiger partial charge < -0.3 is 5.32 Å². The molecule has 1 saturated carbocycles. The Morgan fingerprint density at radius 1 is 1.28 bits per heavy atom. The van der Waals surface area contributed by atoms with E-state index in [0.29, 0.717) is 27.9 Å². The minimum atomic E-state index is -0.362. The average Bonchev–Trinajstić information content (AvgIpc) is 3.25. The minimum absolute atomic E-state index is 0.148. The molecule has 1 aliphatic carbocycles. The SMILES string of the molecule is Cn1ncc2c(C(=O)NC3CCCC3)cc(-c3ccccc3F)nc21. The van der Waals surface area contributed by atoms with E-state index in [-0.39, 0.29) is 17.8 Å². The second-order valence-electron chi connectivity index (χ2n) is 6.50. The Balaban J connectivity index is 1.82. The van der Waals surface area contributed by atoms with Crippen LogP contribution in [0.3, 0.4) is 0 Å². The zero-order valence-electron chi connectivity index (χ0n) is 14.0. The molecule has 0 radical (unpaired) electrons. The molecule has 0 atom stereocenters. The normalized spacial score (nSPS) is 15.0. The van der Waals surface area contributed by atoms with Crippen LogP contribution in [0.15, 0.2) is 36.5 Å². The van der Waals surface area contributed by atoms with Gasteiger partial charge in [0.05, 0.1) is 22.8 Å². The number of nitrogens with one attached hydrogen (secondary N) is 1. The zero-order chi connectivity index (χ0) is 17.4. The first-order valence-electron chi connectivity index (χ1n) is 8.52. The van der Waals surface area contributed by atoms with Crippen LogP contribution in [0.2, 0.25) is 0 Å². The van der Waals surface area contributed by atoms with Crippen LogP contribution in [0, 0.1) is 5.82 Å². The number of hydrogen-bond donors (Lipinski definition) is 1. The summed E-state index contributed by atoms with van der Waals surface area (Å²) < 4.78 is 15.8. The third kappa shape index (κ3) is 2.88. The van der Waals surface area contributed by atoms with E-state index >= 15 is 0 Å². The number of carbonyl (C=O) groups is 1. The van der Waals surface area contributed by atoms with Gasteiger partial charge in [0.1, 0.15) is 5.82 Å². The number of benzene rings is 1. The van der Waals surface area contributed by atoms with E-state index in [1.54, 1.807) is 42.2 Å². The van der Waals surface area contributed by atoms with Gasteiger partial charge in [-0.05, 0) is 31.0 Å². The maximum atomic E-state index is 14.2. The molecule has 2 heterocycles. The van der Waals surface area contributed by atoms with E-state index in [1.807, 2.05) is 0 Å². The molecule has 0 bridgehead atoms. The van der Waals surface area contributed by atoms with Crippen molar-refractivity contribution in [2.75, 3.05) is 0 Å². The number of nitrogens with zero attached hydrogens (tertiary/aromatic N) is 3. The number of rotatable bonds is 3. The van der Waals surface area contributed by atoms with Crippen molar-refractivity contribution in [2.24, 2.45) is 7.05 Å². The lowest BCUT2D eigenvalue weighted by atomic mass is 10.1. The minimum Gasteiger partial charge on any atom is -0.349 e. The maximum Gasteiger partial charge on any atom is 0.252 e. The van der Waals surface area contributed by atoms with E-state index < -0.39 is 0 Å². The third-order valence-corrected chi connectivity index (χ3v) is 4.79. The molecule has 1 amide bonds. The van der Waals surface area contributed by atoms with Crippen molar-refractivity contribution in [1.82, 2.24) is 20.1 Å². The van der Waals surface area contributed by atoms with E-state index in [9.17, 15) is 9.18 Å². The van der Waals surface area contributed by atoms with Crippen molar-refractivity contribution in [1.29, 1.82) is 0 Å². The van der Waals surface area contributed by atoms with Gasteiger partial charge in [0.25, 0.3) is 5.91 Å². The first kappa shape index (κ1) is 15.7. The molecule has 1 N–H and O–H groups in total. The zero-order valence-corrected chi connectivity index (χ0v) is 14.0. The largest absolute Gasteiger partial charge is 0.349 e. The molecule has 5 nitrogen and oxygen atoms in total. The van der Waals surface area contributed by atoms with Crippen LogP contribution in [0.1, 0.15) is 36.0 Å². The molecular weight excluding hydrogens is 319 g/mol. The second-order valence-corrected chi connectivity index (χ2v) is 6.50. The Bertz CT molecular complexity index is 944. The molecule has 3 aromatic rings. The smallest absolute Gasteiger partial charge is 0.252 e. The predicted octanol–water partition coefficient (Wildman–Crippen LogP) is 3.45. The summed E-state index contributed by atoms with van der Waals surface area (Å²) in [6, 6.07) is 8.32. The summed E-state index contributed by atoms with van der Waals surface area (Å²) in [5, 5.41) is 7.98. The molecule has 0 unspecified atom stereocenters. The molecular formula is C19H19FN4O. The fourth-order valence-corrected chi connectivity index (χ4v) is 3.44. The molecule has 2 aromatic heterocycles. The summed E-state index contributed by atoms with van der Waals surface area (Å²) in [6.07, 6.45) is 5.94. The molecule has 4 rings (SSSR count). The molecule has 25 heavy (non-hydrogen) atoms. The lowest BCUT2D eigenvalue weighted by Gasteiger charge is -2.13. The second kappa shape index (κ2) is 6.27. The van der Waals surface area contributed by atoms with Crippen LogP contribution in [-0.4, -0.2) is 26.7 Å². The monoisotopic (exact) mass is 338 g/mol. The van der Waals surface area contributed by atoms with Gasteiger partial charge in [0, 0.05) is 18.7 Å². The van der Waals surface area contributed by atoms with E-state index in [1.165, 1.54) is 6.07 Å². The molecule has 1 aromatic carbocycles. The predicted molar refractivity (Wildman–Crippen MR) is 93.6 cm³/mol. The lowest BCUT2D eigenvalue weighted by Crippen LogP contribution is -2.32. The summed E-state index contributed by atoms with van der Waals surface area (Å²) in [6.45, 7) is 0. The van der Waals surface area contributed by atoms with Gasteiger partial charge in [-0.1, -0.05) is 25.0 Å². The quantitative estimate of drug-likeness (QED) is 0.796. The van der Waals surface area contributed by atoms with Gasteiger partial charge in [-0.25, -0.2) is 9.37 Å². The number of pyridine rings is 1. The first-order chi connectivity index (χ1) is 12.1. The van der Waals surface area contributed by atoms with Crippen LogP contribution < -0.4 is 5.32 Å². The Labute approximate surface area is 144 Å². The molecule has 0 saturated heterocycles. The number of hydrogen-bond acceptors (Lipinski definition) is 3. The van der Waals surface area contributed by atoms with Crippen LogP contribution in [0.25, 0.3) is 22.3 Å². The van der Waals surface area contributed by atoms with Gasteiger partial charge in [0.15, 0.2) is 5.65 Å². The van der Waals surface area contributed by atoms with Gasteiger partial charge >= 0.3 is 0 Å². The number of aryl methyl sites for hydroxylation is 1. The highest BCUT2D eigenvalue weighted by molar-refractivity contribution is 6.06. The van der Waals surface area contributed by atoms with Crippen molar-refractivity contribution in [2.45, 2.75) is 31.7 Å². The first-order valence-corrected chi connectivity index (χ1v) is 8.52. The summed E-state index contributed by atoms with van der Waals surface area (Å²) >= 11 is 0. The van der Waals surface area contributed by atoms with E-state index in [0.717, 1.165) is 25.7 Å². The summed E-state index contributed by atoms with van der Waals surface area (Å²) in [5.41, 5.74) is 1.87. The summed E-state index contributed by atoms with van der Waals surface area (Å²) in [7, 11) is 1.76. The number of carbonyl (C=O) groups excluding carboxylic acids is 1. The highest BCUT2D eigenvalue weighted by atomic mass is 19.1. The van der Waals surface area contributed by atoms with E-state index in [4.69, 9.17) is 0 Å². The molecule has 1 fully saturated rings. The third-order valence-electron chi connectivity index (χ3n) is 4.79. The average molecular weight is 338 g/mol. The van der Waals surface area contributed by atoms with Crippen molar-refractivity contribution < 1.29 is 9.18 Å². The molecule has 1 aliphatic rings. The fourth-order valence-electron chi connectivity index (χ4n) is 3.44. The van der Waals surface area contributed by atoms with E-state index in [2.05, 4.69) is 15.4 Å². The van der Waals surface area contributed by atoms with Crippen LogP contribution in [-0.2, 0) is 7.05 Å². The van der Waals surface area contributed by atoms with Gasteiger partial charge in [-0.2, -0.15) is 5.10 Å². The van der Waals surface area contributed by atoms with Gasteiger partial charge in [-0.15, -0.1) is 0 Å². The number of fused-ring (bicyclic) bond motifs is 1. The highest BCUT2D eigenvalue weighted by Crippen LogP contribution is 2.27. The number of halogens is 1. The fraction of sp³-hybridized carbons (Fsp3) is 0.316. The Hall–Kier alpha value is -2.76. The molecule has 128 valence electrons. The molecule has 0 aliphatic heterocycles. The van der Waals surface area contributed by atoms with Crippen molar-refractivity contribution in [3.05, 3.63) is 47.9 Å². The number of amides is 1. The van der Waals surface area contributed by atoms with Crippen LogP contribution in [0.4, 0.5) is 4.39 Å². The van der Waals surface area contributed by atoms with Gasteiger partial charge in [-0.3, -0.25) is 9.48 Å². The Kier molecular flexibility index (Phi) is 3.95. The van der Waals surface area contributed by atoms with Crippen molar-refractivity contribution in [3.63, 3.8) is 0 Å². The highest BCUT2D eigenvalue weighted by Gasteiger charge is 2.22. The van der Waals surface area contributed by atoms with Crippen molar-refractivity contribution in [3.8, 4) is 11.3 Å². The summed E-state index contributed by atoms with van der Waals surface area (Å²) in [4.78, 5) is 17.3.